The van der Waals surface area contributed by atoms with Crippen LogP contribution in [0.25, 0.3) is 0 Å². The molecule has 1 aromatic carbocycles. The lowest BCUT2D eigenvalue weighted by Crippen LogP contribution is -2.57. The molecule has 3 atom stereocenters. The SMILES string of the molecule is CC#CCOc1ccc(C[C@H](NC(=O)[C@@H](/C=C/CCCCCCC(=O)CCCCCCC)[C@@](O)(CCOC(C)=O)C(N)=O)C(=O)O)cc1. The highest BCUT2D eigenvalue weighted by Gasteiger charge is 2.46. The van der Waals surface area contributed by atoms with E-state index in [1.165, 1.54) is 25.3 Å². The van der Waals surface area contributed by atoms with Crippen LogP contribution >= 0.6 is 0 Å². The minimum atomic E-state index is -2.46. The van der Waals surface area contributed by atoms with Gasteiger partial charge in [0, 0.05) is 32.6 Å². The van der Waals surface area contributed by atoms with E-state index in [0.717, 1.165) is 45.4 Å². The fourth-order valence-corrected chi connectivity index (χ4v) is 5.08. The maximum absolute atomic E-state index is 13.5. The van der Waals surface area contributed by atoms with Crippen molar-refractivity contribution in [1.29, 1.82) is 0 Å². The van der Waals surface area contributed by atoms with Gasteiger partial charge in [0.2, 0.25) is 5.91 Å². The summed E-state index contributed by atoms with van der Waals surface area (Å²) in [6.07, 6.45) is 13.0. The normalized spacial score (nSPS) is 13.4. The van der Waals surface area contributed by atoms with Gasteiger partial charge in [-0.1, -0.05) is 75.7 Å². The predicted octanol–water partition coefficient (Wildman–Crippen LogP) is 4.81. The summed E-state index contributed by atoms with van der Waals surface area (Å²) in [4.78, 5) is 61.6. The molecular weight excluding hydrogens is 616 g/mol. The highest BCUT2D eigenvalue weighted by Crippen LogP contribution is 2.25. The van der Waals surface area contributed by atoms with Crippen molar-refractivity contribution in [2.24, 2.45) is 11.7 Å². The summed E-state index contributed by atoms with van der Waals surface area (Å²) in [6.45, 7) is 4.84. The number of rotatable bonds is 26. The van der Waals surface area contributed by atoms with Gasteiger partial charge in [-0.05, 0) is 50.3 Å². The van der Waals surface area contributed by atoms with Crippen molar-refractivity contribution in [1.82, 2.24) is 5.32 Å². The quantitative estimate of drug-likeness (QED) is 0.0465. The largest absolute Gasteiger partial charge is 0.481 e. The number of allylic oxidation sites excluding steroid dienone is 1. The molecule has 0 saturated heterocycles. The Balaban J connectivity index is 2.89. The third kappa shape index (κ3) is 17.1. The fraction of sp³-hybridized carbons (Fsp3) is 0.595. The van der Waals surface area contributed by atoms with E-state index in [1.807, 2.05) is 0 Å². The fourth-order valence-electron chi connectivity index (χ4n) is 5.08. The van der Waals surface area contributed by atoms with E-state index in [-0.39, 0.29) is 19.6 Å². The smallest absolute Gasteiger partial charge is 0.326 e. The predicted molar refractivity (Wildman–Crippen MR) is 183 cm³/mol. The van der Waals surface area contributed by atoms with E-state index in [1.54, 1.807) is 37.3 Å². The summed E-state index contributed by atoms with van der Waals surface area (Å²) in [5.74, 6) is 0.681. The Hall–Kier alpha value is -4.17. The van der Waals surface area contributed by atoms with Crippen LogP contribution in [0.5, 0.6) is 5.75 Å². The minimum Gasteiger partial charge on any atom is -0.481 e. The molecule has 0 aliphatic rings. The number of ether oxygens (including phenoxy) is 2. The van der Waals surface area contributed by atoms with E-state index in [2.05, 4.69) is 24.1 Å². The Morgan fingerprint density at radius 2 is 1.60 bits per heavy atom. The summed E-state index contributed by atoms with van der Waals surface area (Å²) in [5, 5.41) is 23.7. The number of amides is 2. The number of unbranched alkanes of at least 4 members (excludes halogenated alkanes) is 8. The molecule has 1 aromatic rings. The number of aliphatic hydroxyl groups is 1. The second-order valence-electron chi connectivity index (χ2n) is 11.9. The van der Waals surface area contributed by atoms with Crippen molar-refractivity contribution < 1.29 is 43.7 Å². The van der Waals surface area contributed by atoms with E-state index in [4.69, 9.17) is 15.2 Å². The van der Waals surface area contributed by atoms with Crippen LogP contribution in [0, 0.1) is 17.8 Å². The van der Waals surface area contributed by atoms with Crippen LogP contribution in [0.4, 0.5) is 0 Å². The maximum Gasteiger partial charge on any atom is 0.326 e. The molecule has 11 nitrogen and oxygen atoms in total. The first-order valence-electron chi connectivity index (χ1n) is 16.9. The van der Waals surface area contributed by atoms with E-state index in [0.29, 0.717) is 36.4 Å². The van der Waals surface area contributed by atoms with Crippen LogP contribution in [0.15, 0.2) is 36.4 Å². The van der Waals surface area contributed by atoms with E-state index in [9.17, 15) is 34.2 Å². The van der Waals surface area contributed by atoms with Crippen LogP contribution < -0.4 is 15.8 Å². The number of aliphatic carboxylic acids is 1. The number of nitrogens with two attached hydrogens (primary N) is 1. The average molecular weight is 671 g/mol. The van der Waals surface area contributed by atoms with Crippen molar-refractivity contribution in [2.75, 3.05) is 13.2 Å². The molecule has 0 radical (unpaired) electrons. The Kier molecular flexibility index (Phi) is 21.0. The third-order valence-electron chi connectivity index (χ3n) is 7.94. The number of hydrogen-bond acceptors (Lipinski definition) is 8. The molecule has 1 rings (SSSR count). The van der Waals surface area contributed by atoms with Crippen molar-refractivity contribution in [3.8, 4) is 17.6 Å². The Morgan fingerprint density at radius 3 is 2.17 bits per heavy atom. The van der Waals surface area contributed by atoms with Crippen LogP contribution in [-0.4, -0.2) is 64.6 Å². The van der Waals surface area contributed by atoms with Gasteiger partial charge in [-0.25, -0.2) is 4.79 Å². The summed E-state index contributed by atoms with van der Waals surface area (Å²) in [5.41, 5.74) is 3.69. The molecular formula is C37H54N2O9. The van der Waals surface area contributed by atoms with Gasteiger partial charge < -0.3 is 30.7 Å². The van der Waals surface area contributed by atoms with Gasteiger partial charge in [0.05, 0.1) is 12.5 Å². The lowest BCUT2D eigenvalue weighted by Gasteiger charge is -2.31. The van der Waals surface area contributed by atoms with E-state index >= 15 is 0 Å². The van der Waals surface area contributed by atoms with Crippen LogP contribution in [0.2, 0.25) is 0 Å². The number of carbonyl (C=O) groups excluding carboxylic acids is 4. The molecule has 0 aliphatic carbocycles. The summed E-state index contributed by atoms with van der Waals surface area (Å²) >= 11 is 0. The summed E-state index contributed by atoms with van der Waals surface area (Å²) in [7, 11) is 0. The summed E-state index contributed by atoms with van der Waals surface area (Å²) in [6, 6.07) is 5.26. The monoisotopic (exact) mass is 670 g/mol. The van der Waals surface area contributed by atoms with E-state index < -0.39 is 47.7 Å². The maximum atomic E-state index is 13.5. The molecule has 11 heteroatoms. The van der Waals surface area contributed by atoms with Gasteiger partial charge in [0.25, 0.3) is 5.91 Å². The number of benzene rings is 1. The zero-order valence-electron chi connectivity index (χ0n) is 28.8. The molecule has 0 aromatic heterocycles. The second-order valence-corrected chi connectivity index (χ2v) is 11.9. The van der Waals surface area contributed by atoms with Crippen LogP contribution in [-0.2, 0) is 35.1 Å². The van der Waals surface area contributed by atoms with Gasteiger partial charge in [0.15, 0.2) is 5.60 Å². The second kappa shape index (κ2) is 24.0. The molecule has 0 bridgehead atoms. The highest BCUT2D eigenvalue weighted by molar-refractivity contribution is 5.94. The number of carboxylic acids is 1. The number of esters is 1. The molecule has 266 valence electrons. The molecule has 5 N–H and O–H groups in total. The van der Waals surface area contributed by atoms with Crippen LogP contribution in [0.3, 0.4) is 0 Å². The molecule has 0 aliphatic heterocycles. The Labute approximate surface area is 285 Å². The number of Topliss-reactive ketones (excluding diaryl/α,β-unsaturated/α-hetero) is 1. The highest BCUT2D eigenvalue weighted by atomic mass is 16.5. The summed E-state index contributed by atoms with van der Waals surface area (Å²) < 4.78 is 10.4. The lowest BCUT2D eigenvalue weighted by molar-refractivity contribution is -0.155. The number of carboxylic acid groups (broad SMARTS) is 1. The first kappa shape index (κ1) is 41.9. The van der Waals surface area contributed by atoms with Crippen molar-refractivity contribution in [3.05, 3.63) is 42.0 Å². The zero-order valence-corrected chi connectivity index (χ0v) is 28.8. The van der Waals surface area contributed by atoms with Gasteiger partial charge in [0.1, 0.15) is 24.2 Å². The van der Waals surface area contributed by atoms with Crippen molar-refractivity contribution >= 4 is 29.5 Å². The number of carbonyl (C=O) groups is 5. The molecule has 2 amide bonds. The number of hydrogen-bond donors (Lipinski definition) is 4. The first-order chi connectivity index (χ1) is 22.9. The molecule has 0 unspecified atom stereocenters. The lowest BCUT2D eigenvalue weighted by atomic mass is 9.82. The number of ketones is 1. The topological polar surface area (TPSA) is 182 Å². The molecule has 0 saturated carbocycles. The van der Waals surface area contributed by atoms with Gasteiger partial charge in [-0.15, -0.1) is 5.92 Å². The van der Waals surface area contributed by atoms with Gasteiger partial charge >= 0.3 is 11.9 Å². The van der Waals surface area contributed by atoms with Crippen LogP contribution in [0.1, 0.15) is 110 Å². The zero-order chi connectivity index (χ0) is 35.8. The Morgan fingerprint density at radius 1 is 0.979 bits per heavy atom. The number of primary amides is 1. The Bertz CT molecular complexity index is 1250. The van der Waals surface area contributed by atoms with Crippen molar-refractivity contribution in [2.45, 2.75) is 122 Å². The minimum absolute atomic E-state index is 0.0869. The van der Waals surface area contributed by atoms with Gasteiger partial charge in [-0.2, -0.15) is 0 Å². The average Bonchev–Trinajstić information content (AvgIpc) is 3.04. The standard InChI is InChI=1S/C37H54N2O9/c1-4-6-8-11-14-17-30(41)18-15-12-9-10-13-16-19-32(37(46,36(38)45)24-26-47-28(3)40)34(42)39-33(35(43)44)27-29-20-22-31(23-21-29)48-25-7-5-2/h16,19-23,32-33,46H,4,6,8-15,17-18,24-27H2,1-3H3,(H2,38,45)(H,39,42)(H,43,44)/b19-16+/t32-,33+,37+/m1/s1. The third-order valence-corrected chi connectivity index (χ3v) is 7.94. The molecule has 0 fully saturated rings. The molecule has 0 spiro atoms. The van der Waals surface area contributed by atoms with Crippen molar-refractivity contribution in [3.63, 3.8) is 0 Å². The number of nitrogens with one attached hydrogen (secondary N) is 1. The molecule has 0 heterocycles. The van der Waals surface area contributed by atoms with Gasteiger partial charge in [-0.3, -0.25) is 19.2 Å². The molecule has 48 heavy (non-hydrogen) atoms. The first-order valence-corrected chi connectivity index (χ1v) is 16.9.